The second kappa shape index (κ2) is 3.64. The number of nitrogens with two attached hydrogens (primary N) is 1. The molecule has 0 aromatic carbocycles. The van der Waals surface area contributed by atoms with E-state index in [9.17, 15) is 0 Å². The summed E-state index contributed by atoms with van der Waals surface area (Å²) in [6.45, 7) is 0.402. The van der Waals surface area contributed by atoms with E-state index in [1.54, 1.807) is 6.20 Å². The summed E-state index contributed by atoms with van der Waals surface area (Å²) in [4.78, 5) is 7.86. The van der Waals surface area contributed by atoms with Crippen molar-refractivity contribution in [2.24, 2.45) is 0 Å². The molecule has 0 aliphatic heterocycles. The zero-order chi connectivity index (χ0) is 9.80. The smallest absolute Gasteiger partial charge is 0.193 e. The number of hydrogen-bond acceptors (Lipinski definition) is 7. The van der Waals surface area contributed by atoms with Crippen LogP contribution in [-0.2, 0) is 6.54 Å². The molecule has 0 aliphatic rings. The number of hydrogen-bond donors (Lipinski definition) is 3. The van der Waals surface area contributed by atoms with Gasteiger partial charge in [0.15, 0.2) is 17.5 Å². The predicted molar refractivity (Wildman–Crippen MR) is 47.9 cm³/mol. The van der Waals surface area contributed by atoms with Crippen molar-refractivity contribution in [1.82, 2.24) is 30.6 Å². The minimum Gasteiger partial charge on any atom is -0.381 e. The predicted octanol–water partition coefficient (Wildman–Crippen LogP) is -0.816. The maximum atomic E-state index is 5.56. The number of aromatic nitrogens is 6. The Hall–Kier alpha value is -2.25. The topological polar surface area (TPSA) is 118 Å². The van der Waals surface area contributed by atoms with Crippen molar-refractivity contribution in [1.29, 1.82) is 0 Å². The lowest BCUT2D eigenvalue weighted by Gasteiger charge is -2.03. The van der Waals surface area contributed by atoms with Crippen LogP contribution in [0.15, 0.2) is 12.4 Å². The number of H-pyrrole nitrogens is 1. The van der Waals surface area contributed by atoms with Gasteiger partial charge in [0.25, 0.3) is 0 Å². The number of aromatic amines is 1. The third-order valence-corrected chi connectivity index (χ3v) is 1.53. The van der Waals surface area contributed by atoms with Gasteiger partial charge in [-0.2, -0.15) is 5.21 Å². The minimum atomic E-state index is 0.344. The monoisotopic (exact) mass is 192 g/mol. The van der Waals surface area contributed by atoms with Gasteiger partial charge in [-0.05, 0) is 0 Å². The van der Waals surface area contributed by atoms with Crippen LogP contribution in [0.3, 0.4) is 0 Å². The summed E-state index contributed by atoms with van der Waals surface area (Å²) < 4.78 is 0. The van der Waals surface area contributed by atoms with E-state index in [0.29, 0.717) is 24.0 Å². The summed E-state index contributed by atoms with van der Waals surface area (Å²) in [5, 5.41) is 16.2. The SMILES string of the molecule is Nc1nccnc1NCc1nn[nH]n1. The van der Waals surface area contributed by atoms with Gasteiger partial charge in [-0.25, -0.2) is 9.97 Å². The molecular formula is C6H8N8. The van der Waals surface area contributed by atoms with Gasteiger partial charge in [0.1, 0.15) is 0 Å². The molecule has 0 saturated heterocycles. The van der Waals surface area contributed by atoms with Crippen molar-refractivity contribution in [3.8, 4) is 0 Å². The van der Waals surface area contributed by atoms with Crippen LogP contribution in [0.2, 0.25) is 0 Å². The molecule has 0 saturated carbocycles. The quantitative estimate of drug-likeness (QED) is 0.581. The van der Waals surface area contributed by atoms with E-state index in [4.69, 9.17) is 5.73 Å². The first-order chi connectivity index (χ1) is 6.86. The molecule has 4 N–H and O–H groups in total. The Morgan fingerprint density at radius 3 is 2.93 bits per heavy atom. The number of rotatable bonds is 3. The summed E-state index contributed by atoms with van der Waals surface area (Å²) in [5.74, 6) is 1.39. The van der Waals surface area contributed by atoms with Crippen LogP contribution in [0.4, 0.5) is 11.6 Å². The van der Waals surface area contributed by atoms with Crippen molar-refractivity contribution >= 4 is 11.6 Å². The lowest BCUT2D eigenvalue weighted by Crippen LogP contribution is -2.06. The molecule has 2 aromatic rings. The Kier molecular flexibility index (Phi) is 2.17. The van der Waals surface area contributed by atoms with E-state index < -0.39 is 0 Å². The molecule has 2 rings (SSSR count). The second-order valence-corrected chi connectivity index (χ2v) is 2.47. The molecule has 72 valence electrons. The van der Waals surface area contributed by atoms with Crippen LogP contribution in [0.5, 0.6) is 0 Å². The number of tetrazole rings is 1. The van der Waals surface area contributed by atoms with Gasteiger partial charge in [0.2, 0.25) is 0 Å². The van der Waals surface area contributed by atoms with Crippen molar-refractivity contribution in [2.75, 3.05) is 11.1 Å². The van der Waals surface area contributed by atoms with Crippen LogP contribution in [0.1, 0.15) is 5.82 Å². The number of nitrogens with one attached hydrogen (secondary N) is 2. The van der Waals surface area contributed by atoms with Gasteiger partial charge in [-0.15, -0.1) is 10.2 Å². The maximum Gasteiger partial charge on any atom is 0.193 e. The van der Waals surface area contributed by atoms with Crippen molar-refractivity contribution in [2.45, 2.75) is 6.54 Å². The molecule has 0 spiro atoms. The Bertz CT molecular complexity index is 396. The Morgan fingerprint density at radius 2 is 2.21 bits per heavy atom. The van der Waals surface area contributed by atoms with Crippen LogP contribution < -0.4 is 11.1 Å². The van der Waals surface area contributed by atoms with Gasteiger partial charge in [0, 0.05) is 12.4 Å². The van der Waals surface area contributed by atoms with Crippen LogP contribution in [0, 0.1) is 0 Å². The van der Waals surface area contributed by atoms with Crippen molar-refractivity contribution < 1.29 is 0 Å². The lowest BCUT2D eigenvalue weighted by molar-refractivity contribution is 0.881. The highest BCUT2D eigenvalue weighted by Crippen LogP contribution is 2.09. The first-order valence-electron chi connectivity index (χ1n) is 3.89. The zero-order valence-corrected chi connectivity index (χ0v) is 7.18. The van der Waals surface area contributed by atoms with Crippen LogP contribution >= 0.6 is 0 Å². The molecule has 0 bridgehead atoms. The van der Waals surface area contributed by atoms with Crippen LogP contribution in [0.25, 0.3) is 0 Å². The van der Waals surface area contributed by atoms with Gasteiger partial charge < -0.3 is 11.1 Å². The van der Waals surface area contributed by atoms with E-state index in [2.05, 4.69) is 35.9 Å². The third kappa shape index (κ3) is 1.73. The first-order valence-corrected chi connectivity index (χ1v) is 3.89. The fourth-order valence-corrected chi connectivity index (χ4v) is 0.905. The number of anilines is 2. The Morgan fingerprint density at radius 1 is 1.36 bits per heavy atom. The molecule has 0 unspecified atom stereocenters. The van der Waals surface area contributed by atoms with E-state index >= 15 is 0 Å². The summed E-state index contributed by atoms with van der Waals surface area (Å²) >= 11 is 0. The second-order valence-electron chi connectivity index (χ2n) is 2.47. The summed E-state index contributed by atoms with van der Waals surface area (Å²) in [6, 6.07) is 0. The fraction of sp³-hybridized carbons (Fsp3) is 0.167. The van der Waals surface area contributed by atoms with E-state index in [-0.39, 0.29) is 0 Å². The molecule has 0 radical (unpaired) electrons. The average Bonchev–Trinajstić information content (AvgIpc) is 2.69. The zero-order valence-electron chi connectivity index (χ0n) is 7.18. The summed E-state index contributed by atoms with van der Waals surface area (Å²) in [5.41, 5.74) is 5.56. The molecule has 8 heteroatoms. The Balaban J connectivity index is 2.02. The highest BCUT2D eigenvalue weighted by Gasteiger charge is 2.02. The van der Waals surface area contributed by atoms with Gasteiger partial charge >= 0.3 is 0 Å². The molecule has 2 heterocycles. The van der Waals surface area contributed by atoms with Crippen molar-refractivity contribution in [3.05, 3.63) is 18.2 Å². The van der Waals surface area contributed by atoms with Gasteiger partial charge in [0.05, 0.1) is 6.54 Å². The summed E-state index contributed by atoms with van der Waals surface area (Å²) in [6.07, 6.45) is 3.07. The number of nitrogen functional groups attached to an aromatic ring is 1. The van der Waals surface area contributed by atoms with E-state index in [1.165, 1.54) is 6.20 Å². The van der Waals surface area contributed by atoms with E-state index in [1.807, 2.05) is 0 Å². The van der Waals surface area contributed by atoms with E-state index in [0.717, 1.165) is 0 Å². The van der Waals surface area contributed by atoms with Gasteiger partial charge in [-0.3, -0.25) is 0 Å². The molecule has 0 atom stereocenters. The molecule has 0 fully saturated rings. The van der Waals surface area contributed by atoms with Gasteiger partial charge in [-0.1, -0.05) is 5.21 Å². The average molecular weight is 192 g/mol. The highest BCUT2D eigenvalue weighted by molar-refractivity contribution is 5.54. The molecule has 14 heavy (non-hydrogen) atoms. The first kappa shape index (κ1) is 8.35. The Labute approximate surface area is 79.0 Å². The molecular weight excluding hydrogens is 184 g/mol. The molecule has 8 nitrogen and oxygen atoms in total. The normalized spacial score (nSPS) is 10.0. The number of nitrogens with zero attached hydrogens (tertiary/aromatic N) is 5. The molecule has 2 aromatic heterocycles. The largest absolute Gasteiger partial charge is 0.381 e. The minimum absolute atomic E-state index is 0.344. The van der Waals surface area contributed by atoms with Crippen molar-refractivity contribution in [3.63, 3.8) is 0 Å². The highest BCUT2D eigenvalue weighted by atomic mass is 15.5. The molecule has 0 amide bonds. The fourth-order valence-electron chi connectivity index (χ4n) is 0.905. The lowest BCUT2D eigenvalue weighted by atomic mass is 10.5. The third-order valence-electron chi connectivity index (χ3n) is 1.53. The van der Waals surface area contributed by atoms with Crippen LogP contribution in [-0.4, -0.2) is 30.6 Å². The standard InChI is InChI=1S/C6H8N8/c7-5-6(9-2-1-8-5)10-3-4-11-13-14-12-4/h1-2H,3H2,(H2,7,8)(H,9,10)(H,11,12,13,14). The summed E-state index contributed by atoms with van der Waals surface area (Å²) in [7, 11) is 0. The maximum absolute atomic E-state index is 5.56. The molecule has 0 aliphatic carbocycles.